The Morgan fingerprint density at radius 2 is 1.33 bits per heavy atom. The number of hydrogen-bond acceptors (Lipinski definition) is 2. The topological polar surface area (TPSA) is 54.5 Å². The summed E-state index contributed by atoms with van der Waals surface area (Å²) in [4.78, 5) is 14.8. The van der Waals surface area contributed by atoms with Crippen LogP contribution in [0.15, 0.2) is 103 Å². The van der Waals surface area contributed by atoms with Crippen molar-refractivity contribution in [2.24, 2.45) is 10.8 Å². The van der Waals surface area contributed by atoms with Gasteiger partial charge in [-0.25, -0.2) is 0 Å². The van der Waals surface area contributed by atoms with Crippen molar-refractivity contribution in [2.75, 3.05) is 0 Å². The van der Waals surface area contributed by atoms with Crippen molar-refractivity contribution >= 4 is 38.1 Å². The molecule has 6 aromatic rings. The molecule has 0 saturated heterocycles. The molecule has 0 aliphatic rings. The summed E-state index contributed by atoms with van der Waals surface area (Å²) < 4.78 is 68.3. The number of alkyl halides is 5. The first-order valence-corrected chi connectivity index (χ1v) is 19.1. The minimum Gasteiger partial charge on any atom is -0.511 e. The van der Waals surface area contributed by atoms with E-state index in [4.69, 9.17) is 0 Å². The Kier molecular flexibility index (Phi) is 14.0. The standard InChI is InChI=1S/C33H21F5N.C15H28O2.Ir/c1-19-15-20(2)17-23(16-19)31-29-10-8-22-18-21(7-9-24(22)27(29)13-14-39-31)25-11-12-30(32(34,35)33(36,37)38)28-6-4-3-5-26(25)28;1-7-14(5,8-2)12(16)11-13(17)15(6,9-3)10-4;/h3-16,18H,1-2H3;11,16H,7-10H2,1-6H3;/q-1;;/p+1/b;12-11-;. The third-order valence-corrected chi connectivity index (χ3v) is 11.7. The molecule has 0 fully saturated rings. The zero-order valence-corrected chi connectivity index (χ0v) is 36.0. The fourth-order valence-corrected chi connectivity index (χ4v) is 7.08. The number of halogens is 5. The smallest absolute Gasteiger partial charge is 0.458 e. The van der Waals surface area contributed by atoms with Gasteiger partial charge in [-0.1, -0.05) is 109 Å². The quantitative estimate of drug-likeness (QED) is 0.0371. The van der Waals surface area contributed by atoms with Crippen LogP contribution in [0.25, 0.3) is 54.7 Å². The predicted octanol–water partition coefficient (Wildman–Crippen LogP) is 14.6. The van der Waals surface area contributed by atoms with Crippen molar-refractivity contribution in [2.45, 2.75) is 93.2 Å². The molecule has 1 heterocycles. The molecule has 1 radical (unpaired) electrons. The van der Waals surface area contributed by atoms with Crippen LogP contribution in [-0.2, 0) is 26.0 Å². The van der Waals surface area contributed by atoms with Crippen molar-refractivity contribution in [1.82, 2.24) is 4.98 Å². The fraction of sp³-hybridized carbons (Fsp3) is 0.333. The molecule has 0 unspecified atom stereocenters. The summed E-state index contributed by atoms with van der Waals surface area (Å²) in [5.41, 5.74) is 3.69. The normalized spacial score (nSPS) is 12.7. The van der Waals surface area contributed by atoms with Crippen molar-refractivity contribution in [3.63, 3.8) is 0 Å². The summed E-state index contributed by atoms with van der Waals surface area (Å²) in [6, 6.07) is 27.4. The average molecular weight is 960 g/mol. The summed E-state index contributed by atoms with van der Waals surface area (Å²) in [7, 11) is 0. The molecule has 1 aromatic heterocycles. The Morgan fingerprint density at radius 1 is 0.719 bits per heavy atom. The van der Waals surface area contributed by atoms with Gasteiger partial charge >= 0.3 is 17.9 Å². The zero-order chi connectivity index (χ0) is 41.2. The van der Waals surface area contributed by atoms with Gasteiger partial charge in [-0.2, -0.15) is 22.0 Å². The van der Waals surface area contributed by atoms with Gasteiger partial charge in [0.05, 0.1) is 11.5 Å². The Hall–Kier alpha value is -4.46. The molecule has 0 atom stereocenters. The first-order chi connectivity index (χ1) is 26.3. The van der Waals surface area contributed by atoms with E-state index in [9.17, 15) is 31.9 Å². The number of hydrogen-bond donors (Lipinski definition) is 1. The van der Waals surface area contributed by atoms with E-state index in [1.807, 2.05) is 64.1 Å². The van der Waals surface area contributed by atoms with Crippen LogP contribution in [0.3, 0.4) is 0 Å². The zero-order valence-electron chi connectivity index (χ0n) is 33.6. The molecular formula is C48H50F5IrNO2. The minimum atomic E-state index is -5.69. The van der Waals surface area contributed by atoms with Gasteiger partial charge in [0.15, 0.2) is 0 Å². The second kappa shape index (κ2) is 17.6. The number of pyridine rings is 1. The van der Waals surface area contributed by atoms with Crippen molar-refractivity contribution < 1.29 is 52.0 Å². The maximum Gasteiger partial charge on any atom is 0.458 e. The van der Waals surface area contributed by atoms with Crippen molar-refractivity contribution in [1.29, 1.82) is 0 Å². The third kappa shape index (κ3) is 9.00. The van der Waals surface area contributed by atoms with Gasteiger partial charge in [0.1, 0.15) is 5.76 Å². The molecule has 0 spiro atoms. The molecule has 3 nitrogen and oxygen atoms in total. The Bertz CT molecular complexity index is 2410. The van der Waals surface area contributed by atoms with Crippen molar-refractivity contribution in [3.8, 4) is 22.4 Å². The number of nitrogens with zero attached hydrogens (tertiary/aromatic N) is 1. The van der Waals surface area contributed by atoms with E-state index in [2.05, 4.69) is 50.9 Å². The number of aryl methyl sites for hydroxylation is 2. The number of aliphatic hydroxyl groups excluding tert-OH is 1. The molecule has 9 heteroatoms. The second-order valence-corrected chi connectivity index (χ2v) is 15.2. The first kappa shape index (κ1) is 45.2. The second-order valence-electron chi connectivity index (χ2n) is 15.2. The van der Waals surface area contributed by atoms with Gasteiger partial charge in [-0.05, 0) is 93.9 Å². The third-order valence-electron chi connectivity index (χ3n) is 11.7. The Morgan fingerprint density at radius 3 is 1.93 bits per heavy atom. The summed E-state index contributed by atoms with van der Waals surface area (Å²) in [5, 5.41) is 14.2. The van der Waals surface area contributed by atoms with Gasteiger partial charge in [0.2, 0.25) is 0 Å². The van der Waals surface area contributed by atoms with E-state index in [1.165, 1.54) is 18.2 Å². The van der Waals surface area contributed by atoms with Crippen LogP contribution in [0.4, 0.5) is 22.0 Å². The van der Waals surface area contributed by atoms with Gasteiger partial charge in [-0.15, -0.1) is 34.9 Å². The van der Waals surface area contributed by atoms with Crippen LogP contribution in [0, 0.1) is 30.7 Å². The number of carbonyl (C=O) groups excluding carboxylic acids is 1. The Labute approximate surface area is 345 Å². The van der Waals surface area contributed by atoms with Gasteiger partial charge in [-0.3, -0.25) is 4.79 Å². The molecule has 0 aliphatic heterocycles. The molecule has 303 valence electrons. The first-order valence-electron chi connectivity index (χ1n) is 19.1. The van der Waals surface area contributed by atoms with Crippen molar-refractivity contribution in [3.05, 3.63) is 126 Å². The maximum atomic E-state index is 14.4. The number of rotatable bonds is 10. The summed E-state index contributed by atoms with van der Waals surface area (Å²) in [6.07, 6.45) is 1.12. The van der Waals surface area contributed by atoms with Gasteiger partial charge in [0.25, 0.3) is 0 Å². The summed E-state index contributed by atoms with van der Waals surface area (Å²) in [6.45, 7) is 16.3. The van der Waals surface area contributed by atoms with E-state index in [0.717, 1.165) is 81.2 Å². The number of ketones is 1. The van der Waals surface area contributed by atoms with E-state index < -0.39 is 17.7 Å². The molecule has 0 bridgehead atoms. The summed E-state index contributed by atoms with van der Waals surface area (Å²) in [5.74, 6) is -4.37. The molecule has 0 amide bonds. The molecule has 5 aromatic carbocycles. The van der Waals surface area contributed by atoms with Crippen LogP contribution >= 0.6 is 0 Å². The number of aliphatic hydroxyl groups is 1. The van der Waals surface area contributed by atoms with Gasteiger partial charge < -0.3 is 10.1 Å². The van der Waals surface area contributed by atoms with E-state index in [1.54, 1.807) is 24.4 Å². The molecule has 0 saturated carbocycles. The molecule has 0 aliphatic carbocycles. The van der Waals surface area contributed by atoms with E-state index in [0.29, 0.717) is 22.5 Å². The van der Waals surface area contributed by atoms with Gasteiger partial charge in [0, 0.05) is 37.3 Å². The van der Waals surface area contributed by atoms with Crippen LogP contribution in [0.5, 0.6) is 0 Å². The van der Waals surface area contributed by atoms with E-state index >= 15 is 0 Å². The van der Waals surface area contributed by atoms with Crippen LogP contribution in [-0.4, -0.2) is 26.8 Å². The van der Waals surface area contributed by atoms with E-state index in [-0.39, 0.29) is 36.3 Å². The molecule has 6 rings (SSSR count). The molecule has 2 N–H and O–H groups in total. The minimum absolute atomic E-state index is 0. The number of aromatic nitrogens is 1. The SMILES string of the molecule is CCC(C)(CC)C(=[OH+])/C=C(\O)C(C)(CC)CC.Cc1[c-]c(-c2nccc3c2ccc2cc(-c4ccc(C(F)(F)C(F)(F)F)c5ccccc45)ccc23)cc(C)c1.[Ir]. The Balaban J connectivity index is 0.000000341. The largest absolute Gasteiger partial charge is 0.511 e. The monoisotopic (exact) mass is 960 g/mol. The maximum absolute atomic E-state index is 14.4. The number of fused-ring (bicyclic) bond motifs is 4. The molecule has 57 heavy (non-hydrogen) atoms. The number of allylic oxidation sites excluding steroid dienone is 2. The van der Waals surface area contributed by atoms with Crippen LogP contribution in [0.2, 0.25) is 0 Å². The average Bonchev–Trinajstić information content (AvgIpc) is 3.18. The number of benzene rings is 5. The predicted molar refractivity (Wildman–Crippen MR) is 221 cm³/mol. The van der Waals surface area contributed by atoms with Crippen LogP contribution in [0.1, 0.15) is 83.9 Å². The fourth-order valence-electron chi connectivity index (χ4n) is 7.08. The summed E-state index contributed by atoms with van der Waals surface area (Å²) >= 11 is 0. The van der Waals surface area contributed by atoms with Crippen LogP contribution < -0.4 is 0 Å². The molecular weight excluding hydrogens is 910 g/mol.